The molecule has 0 aliphatic carbocycles. The average molecular weight is 242 g/mol. The summed E-state index contributed by atoms with van der Waals surface area (Å²) in [5.41, 5.74) is 2.28. The van der Waals surface area contributed by atoms with E-state index < -0.39 is 0 Å². The van der Waals surface area contributed by atoms with Crippen molar-refractivity contribution in [1.82, 2.24) is 4.98 Å². The van der Waals surface area contributed by atoms with Gasteiger partial charge in [0.1, 0.15) is 5.82 Å². The highest BCUT2D eigenvalue weighted by molar-refractivity contribution is 5.47. The molecule has 0 saturated carbocycles. The quantitative estimate of drug-likeness (QED) is 0.898. The Morgan fingerprint density at radius 1 is 1.22 bits per heavy atom. The molecule has 1 aromatic carbocycles. The van der Waals surface area contributed by atoms with Crippen molar-refractivity contribution in [2.45, 2.75) is 13.5 Å². The van der Waals surface area contributed by atoms with Crippen molar-refractivity contribution in [3.63, 3.8) is 0 Å². The third kappa shape index (κ3) is 2.09. The van der Waals surface area contributed by atoms with E-state index in [1.165, 1.54) is 0 Å². The number of aromatic nitrogens is 1. The molecular formula is C14H14N2O2. The van der Waals surface area contributed by atoms with Crippen LogP contribution in [0.2, 0.25) is 0 Å². The summed E-state index contributed by atoms with van der Waals surface area (Å²) < 4.78 is 10.6. The van der Waals surface area contributed by atoms with E-state index in [9.17, 15) is 0 Å². The number of anilines is 1. The maximum absolute atomic E-state index is 5.35. The van der Waals surface area contributed by atoms with Gasteiger partial charge in [-0.05, 0) is 36.2 Å². The standard InChI is InChI=1S/C14H14N2O2/c1-10-3-2-6-15-14(10)16-8-11-4-5-12-13(7-11)18-9-17-12/h2-7H,8-9H2,1H3,(H,15,16). The second kappa shape index (κ2) is 4.56. The fourth-order valence-electron chi connectivity index (χ4n) is 1.91. The van der Waals surface area contributed by atoms with Gasteiger partial charge >= 0.3 is 0 Å². The van der Waals surface area contributed by atoms with Gasteiger partial charge in [0.05, 0.1) is 0 Å². The van der Waals surface area contributed by atoms with E-state index >= 15 is 0 Å². The van der Waals surface area contributed by atoms with E-state index in [0.29, 0.717) is 13.3 Å². The lowest BCUT2D eigenvalue weighted by molar-refractivity contribution is 0.174. The highest BCUT2D eigenvalue weighted by Crippen LogP contribution is 2.32. The lowest BCUT2D eigenvalue weighted by Crippen LogP contribution is -2.02. The Morgan fingerprint density at radius 3 is 3.00 bits per heavy atom. The molecule has 0 fully saturated rings. The zero-order chi connectivity index (χ0) is 12.4. The second-order valence-electron chi connectivity index (χ2n) is 4.21. The van der Waals surface area contributed by atoms with Crippen molar-refractivity contribution in [1.29, 1.82) is 0 Å². The van der Waals surface area contributed by atoms with Crippen LogP contribution >= 0.6 is 0 Å². The minimum absolute atomic E-state index is 0.311. The first kappa shape index (κ1) is 10.9. The molecule has 0 atom stereocenters. The van der Waals surface area contributed by atoms with Crippen molar-refractivity contribution in [3.05, 3.63) is 47.7 Å². The molecule has 2 heterocycles. The number of hydrogen-bond donors (Lipinski definition) is 1. The van der Waals surface area contributed by atoms with Gasteiger partial charge in [-0.3, -0.25) is 0 Å². The molecule has 4 heteroatoms. The lowest BCUT2D eigenvalue weighted by atomic mass is 10.2. The number of pyridine rings is 1. The molecule has 2 aromatic rings. The maximum atomic E-state index is 5.35. The van der Waals surface area contributed by atoms with Crippen LogP contribution in [0.3, 0.4) is 0 Å². The van der Waals surface area contributed by atoms with Crippen LogP contribution in [0.15, 0.2) is 36.5 Å². The van der Waals surface area contributed by atoms with Gasteiger partial charge in [0, 0.05) is 12.7 Å². The molecule has 3 rings (SSSR count). The number of nitrogens with one attached hydrogen (secondary N) is 1. The number of rotatable bonds is 3. The molecule has 1 N–H and O–H groups in total. The van der Waals surface area contributed by atoms with E-state index in [0.717, 1.165) is 28.4 Å². The third-order valence-electron chi connectivity index (χ3n) is 2.91. The van der Waals surface area contributed by atoms with Crippen molar-refractivity contribution < 1.29 is 9.47 Å². The Hall–Kier alpha value is -2.23. The van der Waals surface area contributed by atoms with Gasteiger partial charge in [0.25, 0.3) is 0 Å². The van der Waals surface area contributed by atoms with Gasteiger partial charge in [0.2, 0.25) is 6.79 Å². The summed E-state index contributed by atoms with van der Waals surface area (Å²) in [6, 6.07) is 9.92. The van der Waals surface area contributed by atoms with Crippen LogP contribution in [0.25, 0.3) is 0 Å². The molecule has 1 aliphatic heterocycles. The molecule has 92 valence electrons. The normalized spacial score (nSPS) is 12.5. The fraction of sp³-hybridized carbons (Fsp3) is 0.214. The first-order valence-electron chi connectivity index (χ1n) is 5.87. The molecular weight excluding hydrogens is 228 g/mol. The van der Waals surface area contributed by atoms with E-state index in [-0.39, 0.29) is 0 Å². The molecule has 0 bridgehead atoms. The number of nitrogens with zero attached hydrogens (tertiary/aromatic N) is 1. The summed E-state index contributed by atoms with van der Waals surface area (Å²) >= 11 is 0. The summed E-state index contributed by atoms with van der Waals surface area (Å²) in [5.74, 6) is 2.54. The molecule has 1 aromatic heterocycles. The van der Waals surface area contributed by atoms with Crippen LogP contribution < -0.4 is 14.8 Å². The molecule has 18 heavy (non-hydrogen) atoms. The van der Waals surface area contributed by atoms with Gasteiger partial charge in [0.15, 0.2) is 11.5 Å². The Labute approximate surface area is 106 Å². The first-order chi connectivity index (χ1) is 8.83. The highest BCUT2D eigenvalue weighted by Gasteiger charge is 2.12. The van der Waals surface area contributed by atoms with Crippen LogP contribution in [0.4, 0.5) is 5.82 Å². The first-order valence-corrected chi connectivity index (χ1v) is 5.87. The van der Waals surface area contributed by atoms with E-state index in [4.69, 9.17) is 9.47 Å². The minimum Gasteiger partial charge on any atom is -0.454 e. The number of fused-ring (bicyclic) bond motifs is 1. The van der Waals surface area contributed by atoms with Gasteiger partial charge in [-0.2, -0.15) is 0 Å². The SMILES string of the molecule is Cc1cccnc1NCc1ccc2c(c1)OCO2. The molecule has 0 spiro atoms. The van der Waals surface area contributed by atoms with Crippen molar-refractivity contribution in [3.8, 4) is 11.5 Å². The molecule has 1 aliphatic rings. The Kier molecular flexibility index (Phi) is 2.76. The van der Waals surface area contributed by atoms with Crippen molar-refractivity contribution >= 4 is 5.82 Å². The zero-order valence-corrected chi connectivity index (χ0v) is 10.1. The second-order valence-corrected chi connectivity index (χ2v) is 4.21. The smallest absolute Gasteiger partial charge is 0.231 e. The fourth-order valence-corrected chi connectivity index (χ4v) is 1.91. The largest absolute Gasteiger partial charge is 0.454 e. The predicted molar refractivity (Wildman–Crippen MR) is 68.9 cm³/mol. The zero-order valence-electron chi connectivity index (χ0n) is 10.1. The Bertz CT molecular complexity index is 569. The van der Waals surface area contributed by atoms with Crippen molar-refractivity contribution in [2.24, 2.45) is 0 Å². The van der Waals surface area contributed by atoms with Gasteiger partial charge in [-0.25, -0.2) is 4.98 Å². The number of hydrogen-bond acceptors (Lipinski definition) is 4. The molecule has 0 amide bonds. The number of aryl methyl sites for hydroxylation is 1. The average Bonchev–Trinajstić information content (AvgIpc) is 2.85. The highest BCUT2D eigenvalue weighted by atomic mass is 16.7. The van der Waals surface area contributed by atoms with Gasteiger partial charge < -0.3 is 14.8 Å². The summed E-state index contributed by atoms with van der Waals surface area (Å²) in [5, 5.41) is 3.31. The van der Waals surface area contributed by atoms with Crippen LogP contribution in [0.5, 0.6) is 11.5 Å². The van der Waals surface area contributed by atoms with Gasteiger partial charge in [-0.15, -0.1) is 0 Å². The summed E-state index contributed by atoms with van der Waals surface area (Å²) in [4.78, 5) is 4.30. The molecule has 4 nitrogen and oxygen atoms in total. The molecule has 0 unspecified atom stereocenters. The Balaban J connectivity index is 1.72. The van der Waals surface area contributed by atoms with Gasteiger partial charge in [-0.1, -0.05) is 12.1 Å². The number of benzene rings is 1. The van der Waals surface area contributed by atoms with Crippen molar-refractivity contribution in [2.75, 3.05) is 12.1 Å². The van der Waals surface area contributed by atoms with Crippen LogP contribution in [0.1, 0.15) is 11.1 Å². The van der Waals surface area contributed by atoms with Crippen LogP contribution in [-0.2, 0) is 6.54 Å². The Morgan fingerprint density at radius 2 is 2.11 bits per heavy atom. The van der Waals surface area contributed by atoms with Crippen LogP contribution in [0, 0.1) is 6.92 Å². The van der Waals surface area contributed by atoms with E-state index in [1.807, 2.05) is 37.3 Å². The molecule has 0 radical (unpaired) electrons. The lowest BCUT2D eigenvalue weighted by Gasteiger charge is -2.08. The third-order valence-corrected chi connectivity index (χ3v) is 2.91. The topological polar surface area (TPSA) is 43.4 Å². The monoisotopic (exact) mass is 242 g/mol. The molecule has 0 saturated heterocycles. The summed E-state index contributed by atoms with van der Waals surface area (Å²) in [6.45, 7) is 3.06. The summed E-state index contributed by atoms with van der Waals surface area (Å²) in [7, 11) is 0. The van der Waals surface area contributed by atoms with Crippen LogP contribution in [-0.4, -0.2) is 11.8 Å². The van der Waals surface area contributed by atoms with E-state index in [2.05, 4.69) is 10.3 Å². The maximum Gasteiger partial charge on any atom is 0.231 e. The van der Waals surface area contributed by atoms with E-state index in [1.54, 1.807) is 6.20 Å². The minimum atomic E-state index is 0.311. The summed E-state index contributed by atoms with van der Waals surface area (Å²) in [6.07, 6.45) is 1.79. The predicted octanol–water partition coefficient (Wildman–Crippen LogP) is 2.73. The number of ether oxygens (including phenoxy) is 2.